The number of benzene rings is 2. The Morgan fingerprint density at radius 3 is 2.62 bits per heavy atom. The van der Waals surface area contributed by atoms with E-state index in [0.29, 0.717) is 5.75 Å². The van der Waals surface area contributed by atoms with Crippen LogP contribution in [0, 0.1) is 0 Å². The van der Waals surface area contributed by atoms with Gasteiger partial charge in [-0.15, -0.1) is 0 Å². The monoisotopic (exact) mass is 278 g/mol. The van der Waals surface area contributed by atoms with Crippen molar-refractivity contribution in [2.24, 2.45) is 0 Å². The number of rotatable bonds is 4. The van der Waals surface area contributed by atoms with Crippen LogP contribution in [0.2, 0.25) is 0 Å². The maximum absolute atomic E-state index is 12.0. The molecule has 0 aliphatic rings. The molecular formula is C17H14N2O2. The summed E-state index contributed by atoms with van der Waals surface area (Å²) >= 11 is 0. The van der Waals surface area contributed by atoms with Crippen LogP contribution in [0.25, 0.3) is 10.9 Å². The third-order valence-electron chi connectivity index (χ3n) is 3.04. The Kier molecular flexibility index (Phi) is 3.78. The lowest BCUT2D eigenvalue weighted by Crippen LogP contribution is -2.20. The van der Waals surface area contributed by atoms with Crippen molar-refractivity contribution in [3.05, 3.63) is 66.9 Å². The van der Waals surface area contributed by atoms with Gasteiger partial charge in [-0.05, 0) is 24.3 Å². The van der Waals surface area contributed by atoms with Gasteiger partial charge in [-0.2, -0.15) is 0 Å². The normalized spacial score (nSPS) is 10.3. The molecule has 0 atom stereocenters. The summed E-state index contributed by atoms with van der Waals surface area (Å²) in [5, 5.41) is 3.76. The van der Waals surface area contributed by atoms with Crippen molar-refractivity contribution in [1.82, 2.24) is 4.98 Å². The van der Waals surface area contributed by atoms with Crippen LogP contribution in [0.1, 0.15) is 0 Å². The fourth-order valence-corrected chi connectivity index (χ4v) is 2.06. The molecule has 0 saturated carbocycles. The van der Waals surface area contributed by atoms with Gasteiger partial charge in [0.15, 0.2) is 6.61 Å². The van der Waals surface area contributed by atoms with Crippen molar-refractivity contribution < 1.29 is 9.53 Å². The molecule has 3 rings (SSSR count). The first-order valence-corrected chi connectivity index (χ1v) is 6.64. The largest absolute Gasteiger partial charge is 0.484 e. The van der Waals surface area contributed by atoms with Gasteiger partial charge in [0.25, 0.3) is 5.91 Å². The average molecular weight is 278 g/mol. The molecule has 0 bridgehead atoms. The van der Waals surface area contributed by atoms with Gasteiger partial charge in [-0.1, -0.05) is 36.4 Å². The van der Waals surface area contributed by atoms with E-state index in [1.54, 1.807) is 12.3 Å². The molecule has 0 radical (unpaired) electrons. The van der Waals surface area contributed by atoms with Crippen LogP contribution in [-0.4, -0.2) is 17.5 Å². The van der Waals surface area contributed by atoms with Crippen LogP contribution in [0.15, 0.2) is 66.9 Å². The maximum Gasteiger partial charge on any atom is 0.262 e. The van der Waals surface area contributed by atoms with Gasteiger partial charge in [-0.3, -0.25) is 9.78 Å². The first-order valence-electron chi connectivity index (χ1n) is 6.64. The third-order valence-corrected chi connectivity index (χ3v) is 3.04. The Labute approximate surface area is 122 Å². The predicted octanol–water partition coefficient (Wildman–Crippen LogP) is 3.25. The minimum Gasteiger partial charge on any atom is -0.484 e. The summed E-state index contributed by atoms with van der Waals surface area (Å²) in [7, 11) is 0. The number of pyridine rings is 1. The van der Waals surface area contributed by atoms with Crippen molar-refractivity contribution in [2.45, 2.75) is 0 Å². The number of carbonyl (C=O) groups excluding carboxylic acids is 1. The molecule has 4 heteroatoms. The number of hydrogen-bond donors (Lipinski definition) is 1. The van der Waals surface area contributed by atoms with E-state index in [1.807, 2.05) is 54.6 Å². The van der Waals surface area contributed by atoms with E-state index in [-0.39, 0.29) is 12.5 Å². The van der Waals surface area contributed by atoms with Crippen molar-refractivity contribution in [3.8, 4) is 5.75 Å². The number of amides is 1. The molecule has 1 N–H and O–H groups in total. The number of nitrogens with one attached hydrogen (secondary N) is 1. The topological polar surface area (TPSA) is 51.2 Å². The highest BCUT2D eigenvalue weighted by atomic mass is 16.5. The summed E-state index contributed by atoms with van der Waals surface area (Å²) in [6.45, 7) is -0.0271. The molecule has 0 spiro atoms. The van der Waals surface area contributed by atoms with E-state index in [1.165, 1.54) is 0 Å². The van der Waals surface area contributed by atoms with Crippen LogP contribution in [0.3, 0.4) is 0 Å². The van der Waals surface area contributed by atoms with E-state index in [9.17, 15) is 4.79 Å². The zero-order valence-electron chi connectivity index (χ0n) is 11.3. The highest BCUT2D eigenvalue weighted by Crippen LogP contribution is 2.20. The second-order valence-corrected chi connectivity index (χ2v) is 4.53. The molecule has 4 nitrogen and oxygen atoms in total. The minimum atomic E-state index is -0.199. The molecule has 0 unspecified atom stereocenters. The van der Waals surface area contributed by atoms with Crippen LogP contribution in [-0.2, 0) is 4.79 Å². The molecule has 104 valence electrons. The summed E-state index contributed by atoms with van der Waals surface area (Å²) in [4.78, 5) is 16.2. The number of carbonyl (C=O) groups is 1. The van der Waals surface area contributed by atoms with Crippen LogP contribution >= 0.6 is 0 Å². The molecule has 0 aliphatic heterocycles. The Bertz CT molecular complexity index is 752. The van der Waals surface area contributed by atoms with Gasteiger partial charge in [-0.25, -0.2) is 0 Å². The molecule has 21 heavy (non-hydrogen) atoms. The average Bonchev–Trinajstić information content (AvgIpc) is 2.54. The third kappa shape index (κ3) is 3.17. The second kappa shape index (κ2) is 6.05. The quantitative estimate of drug-likeness (QED) is 0.797. The van der Waals surface area contributed by atoms with Gasteiger partial charge in [0, 0.05) is 11.6 Å². The summed E-state index contributed by atoms with van der Waals surface area (Å²) in [6.07, 6.45) is 1.68. The number of ether oxygens (including phenoxy) is 1. The maximum atomic E-state index is 12.0. The molecule has 0 saturated heterocycles. The molecule has 3 aromatic rings. The fourth-order valence-electron chi connectivity index (χ4n) is 2.06. The van der Waals surface area contributed by atoms with E-state index in [2.05, 4.69) is 10.3 Å². The van der Waals surface area contributed by atoms with Crippen LogP contribution in [0.5, 0.6) is 5.75 Å². The van der Waals surface area contributed by atoms with Crippen molar-refractivity contribution in [1.29, 1.82) is 0 Å². The van der Waals surface area contributed by atoms with E-state index < -0.39 is 0 Å². The second-order valence-electron chi connectivity index (χ2n) is 4.53. The number of fused-ring (bicyclic) bond motifs is 1. The predicted molar refractivity (Wildman–Crippen MR) is 82.3 cm³/mol. The van der Waals surface area contributed by atoms with Gasteiger partial charge < -0.3 is 10.1 Å². The summed E-state index contributed by atoms with van der Waals surface area (Å²) < 4.78 is 5.42. The molecule has 0 aliphatic carbocycles. The molecule has 2 aromatic carbocycles. The lowest BCUT2D eigenvalue weighted by Gasteiger charge is -2.09. The van der Waals surface area contributed by atoms with E-state index in [4.69, 9.17) is 4.74 Å². The SMILES string of the molecule is O=C(COc1ccccc1)Nc1ccnc2ccccc12. The van der Waals surface area contributed by atoms with Crippen LogP contribution < -0.4 is 10.1 Å². The van der Waals surface area contributed by atoms with Crippen molar-refractivity contribution in [2.75, 3.05) is 11.9 Å². The molecular weight excluding hydrogens is 264 g/mol. The number of hydrogen-bond acceptors (Lipinski definition) is 3. The number of nitrogens with zero attached hydrogens (tertiary/aromatic N) is 1. The number of anilines is 1. The lowest BCUT2D eigenvalue weighted by atomic mass is 10.2. The Morgan fingerprint density at radius 1 is 1.00 bits per heavy atom. The molecule has 1 amide bonds. The van der Waals surface area contributed by atoms with E-state index in [0.717, 1.165) is 16.6 Å². The summed E-state index contributed by atoms with van der Waals surface area (Å²) in [6, 6.07) is 18.7. The Morgan fingerprint density at radius 2 is 1.76 bits per heavy atom. The number of para-hydroxylation sites is 2. The first kappa shape index (κ1) is 13.1. The minimum absolute atomic E-state index is 0.0271. The van der Waals surface area contributed by atoms with Gasteiger partial charge in [0.05, 0.1) is 11.2 Å². The molecule has 1 aromatic heterocycles. The standard InChI is InChI=1S/C17H14N2O2/c20-17(12-21-13-6-2-1-3-7-13)19-16-10-11-18-15-9-5-4-8-14(15)16/h1-11H,12H2,(H,18,19,20). The summed E-state index contributed by atoms with van der Waals surface area (Å²) in [5.41, 5.74) is 1.58. The Balaban J connectivity index is 1.69. The van der Waals surface area contributed by atoms with E-state index >= 15 is 0 Å². The highest BCUT2D eigenvalue weighted by molar-refractivity contribution is 6.01. The fraction of sp³-hybridized carbons (Fsp3) is 0.0588. The van der Waals surface area contributed by atoms with Gasteiger partial charge in [0.2, 0.25) is 0 Å². The van der Waals surface area contributed by atoms with Gasteiger partial charge >= 0.3 is 0 Å². The zero-order valence-corrected chi connectivity index (χ0v) is 11.3. The first-order chi connectivity index (χ1) is 10.3. The molecule has 0 fully saturated rings. The zero-order chi connectivity index (χ0) is 14.5. The van der Waals surface area contributed by atoms with Crippen molar-refractivity contribution in [3.63, 3.8) is 0 Å². The summed E-state index contributed by atoms with van der Waals surface area (Å²) in [5.74, 6) is 0.474. The molecule has 1 heterocycles. The number of aromatic nitrogens is 1. The smallest absolute Gasteiger partial charge is 0.262 e. The van der Waals surface area contributed by atoms with Crippen LogP contribution in [0.4, 0.5) is 5.69 Å². The van der Waals surface area contributed by atoms with Gasteiger partial charge in [0.1, 0.15) is 5.75 Å². The van der Waals surface area contributed by atoms with Crippen molar-refractivity contribution >= 4 is 22.5 Å². The highest BCUT2D eigenvalue weighted by Gasteiger charge is 2.06. The Hall–Kier alpha value is -2.88. The lowest BCUT2D eigenvalue weighted by molar-refractivity contribution is -0.118.